The van der Waals surface area contributed by atoms with Crippen LogP contribution in [0, 0.1) is 6.92 Å². The molecular weight excluding hydrogens is 322 g/mol. The molecule has 0 radical (unpaired) electrons. The van der Waals surface area contributed by atoms with Crippen molar-refractivity contribution in [3.63, 3.8) is 0 Å². The predicted molar refractivity (Wildman–Crippen MR) is 85.9 cm³/mol. The number of rotatable bonds is 3. The Kier molecular flexibility index (Phi) is 4.09. The molecule has 120 valence electrons. The van der Waals surface area contributed by atoms with E-state index in [9.17, 15) is 13.2 Å². The van der Waals surface area contributed by atoms with Crippen molar-refractivity contribution in [1.82, 2.24) is 13.7 Å². The van der Waals surface area contributed by atoms with E-state index in [0.717, 1.165) is 32.1 Å². The smallest absolute Gasteiger partial charge is 0.267 e. The zero-order valence-corrected chi connectivity index (χ0v) is 14.3. The predicted octanol–water partition coefficient (Wildman–Crippen LogP) is 2.02. The lowest BCUT2D eigenvalue weighted by atomic mass is 9.96. The molecule has 3 rings (SSSR count). The Hall–Kier alpha value is -1.25. The van der Waals surface area contributed by atoms with Gasteiger partial charge in [0.2, 0.25) is 10.0 Å². The molecule has 1 saturated carbocycles. The second kappa shape index (κ2) is 5.75. The van der Waals surface area contributed by atoms with Crippen LogP contribution in [0.4, 0.5) is 0 Å². The van der Waals surface area contributed by atoms with Crippen molar-refractivity contribution in [2.75, 3.05) is 7.05 Å². The van der Waals surface area contributed by atoms with E-state index in [0.29, 0.717) is 4.96 Å². The number of nitrogens with zero attached hydrogens (tertiary/aromatic N) is 3. The third kappa shape index (κ3) is 2.49. The molecule has 0 amide bonds. The summed E-state index contributed by atoms with van der Waals surface area (Å²) in [4.78, 5) is 17.2. The fourth-order valence-electron chi connectivity index (χ4n) is 3.05. The van der Waals surface area contributed by atoms with Crippen LogP contribution < -0.4 is 5.56 Å². The molecule has 0 bridgehead atoms. The highest BCUT2D eigenvalue weighted by Crippen LogP contribution is 2.26. The summed E-state index contributed by atoms with van der Waals surface area (Å²) in [6, 6.07) is -0.0271. The monoisotopic (exact) mass is 341 g/mol. The Morgan fingerprint density at radius 1 is 1.32 bits per heavy atom. The third-order valence-corrected chi connectivity index (χ3v) is 7.12. The average Bonchev–Trinajstić information content (AvgIpc) is 2.95. The van der Waals surface area contributed by atoms with Gasteiger partial charge in [-0.15, -0.1) is 11.3 Å². The second-order valence-corrected chi connectivity index (χ2v) is 8.51. The van der Waals surface area contributed by atoms with E-state index < -0.39 is 15.6 Å². The maximum Gasteiger partial charge on any atom is 0.279 e. The Labute approximate surface area is 133 Å². The maximum absolute atomic E-state index is 12.9. The van der Waals surface area contributed by atoms with E-state index in [1.807, 2.05) is 0 Å². The molecule has 1 fully saturated rings. The van der Waals surface area contributed by atoms with Crippen LogP contribution in [-0.2, 0) is 10.0 Å². The topological polar surface area (TPSA) is 71.8 Å². The molecule has 1 aliphatic rings. The van der Waals surface area contributed by atoms with Gasteiger partial charge in [-0.3, -0.25) is 9.20 Å². The fourth-order valence-corrected chi connectivity index (χ4v) is 5.43. The first-order valence-electron chi connectivity index (χ1n) is 7.37. The number of hydrogen-bond donors (Lipinski definition) is 0. The molecule has 2 aromatic heterocycles. The van der Waals surface area contributed by atoms with Gasteiger partial charge in [0, 0.05) is 24.7 Å². The first-order chi connectivity index (χ1) is 10.4. The van der Waals surface area contributed by atoms with Crippen LogP contribution in [0.3, 0.4) is 0 Å². The highest BCUT2D eigenvalue weighted by Gasteiger charge is 2.33. The Balaban J connectivity index is 2.10. The highest BCUT2D eigenvalue weighted by molar-refractivity contribution is 7.89. The zero-order valence-electron chi connectivity index (χ0n) is 12.7. The van der Waals surface area contributed by atoms with Crippen LogP contribution in [0.1, 0.15) is 37.8 Å². The van der Waals surface area contributed by atoms with E-state index in [2.05, 4.69) is 4.98 Å². The van der Waals surface area contributed by atoms with Crippen molar-refractivity contribution in [3.8, 4) is 0 Å². The van der Waals surface area contributed by atoms with Gasteiger partial charge >= 0.3 is 0 Å². The lowest BCUT2D eigenvalue weighted by molar-refractivity contribution is 0.285. The molecule has 0 atom stereocenters. The molecule has 1 aliphatic carbocycles. The summed E-state index contributed by atoms with van der Waals surface area (Å²) in [5, 5.41) is 1.73. The number of aromatic nitrogens is 2. The zero-order chi connectivity index (χ0) is 15.9. The van der Waals surface area contributed by atoms with Crippen molar-refractivity contribution in [1.29, 1.82) is 0 Å². The highest BCUT2D eigenvalue weighted by atomic mass is 32.2. The summed E-state index contributed by atoms with van der Waals surface area (Å²) in [7, 11) is -2.25. The summed E-state index contributed by atoms with van der Waals surface area (Å²) in [5.74, 6) is 0. The van der Waals surface area contributed by atoms with Gasteiger partial charge in [-0.05, 0) is 19.8 Å². The molecule has 0 saturated heterocycles. The number of fused-ring (bicyclic) bond motifs is 1. The van der Waals surface area contributed by atoms with E-state index >= 15 is 0 Å². The van der Waals surface area contributed by atoms with Crippen molar-refractivity contribution in [3.05, 3.63) is 27.6 Å². The SMILES string of the molecule is Cc1nc2sccn2c(=O)c1S(=O)(=O)N(C)C1CCCCC1. The second-order valence-electron chi connectivity index (χ2n) is 5.70. The standard InChI is InChI=1S/C14H19N3O3S2/c1-10-12(13(18)17-8-9-21-14(17)15-10)22(19,20)16(2)11-6-4-3-5-7-11/h8-9,11H,3-7H2,1-2H3. The van der Waals surface area contributed by atoms with E-state index in [1.165, 1.54) is 20.0 Å². The maximum atomic E-state index is 12.9. The largest absolute Gasteiger partial charge is 0.279 e. The van der Waals surface area contributed by atoms with Crippen LogP contribution in [0.2, 0.25) is 0 Å². The minimum Gasteiger partial charge on any atom is -0.267 e. The summed E-state index contributed by atoms with van der Waals surface area (Å²) in [6.45, 7) is 1.59. The van der Waals surface area contributed by atoms with E-state index in [1.54, 1.807) is 25.5 Å². The molecule has 0 aliphatic heterocycles. The van der Waals surface area contributed by atoms with Crippen LogP contribution in [-0.4, -0.2) is 35.2 Å². The minimum atomic E-state index is -3.83. The molecule has 0 aromatic carbocycles. The molecule has 0 spiro atoms. The summed E-state index contributed by atoms with van der Waals surface area (Å²) < 4.78 is 28.5. The van der Waals surface area contributed by atoms with Gasteiger partial charge in [0.15, 0.2) is 9.86 Å². The van der Waals surface area contributed by atoms with Crippen LogP contribution in [0.15, 0.2) is 21.3 Å². The van der Waals surface area contributed by atoms with Gasteiger partial charge in [0.25, 0.3) is 5.56 Å². The van der Waals surface area contributed by atoms with Gasteiger partial charge in [-0.25, -0.2) is 13.4 Å². The van der Waals surface area contributed by atoms with Gasteiger partial charge in [0.1, 0.15) is 0 Å². The molecule has 22 heavy (non-hydrogen) atoms. The fraction of sp³-hybridized carbons (Fsp3) is 0.571. The van der Waals surface area contributed by atoms with Crippen molar-refractivity contribution >= 4 is 26.3 Å². The van der Waals surface area contributed by atoms with Crippen molar-refractivity contribution in [2.24, 2.45) is 0 Å². The van der Waals surface area contributed by atoms with E-state index in [4.69, 9.17) is 0 Å². The van der Waals surface area contributed by atoms with Gasteiger partial charge in [0.05, 0.1) is 5.69 Å². The first-order valence-corrected chi connectivity index (χ1v) is 9.69. The molecular formula is C14H19N3O3S2. The summed E-state index contributed by atoms with van der Waals surface area (Å²) in [5.41, 5.74) is -0.235. The number of hydrogen-bond acceptors (Lipinski definition) is 5. The van der Waals surface area contributed by atoms with Crippen molar-refractivity contribution < 1.29 is 8.42 Å². The van der Waals surface area contributed by atoms with Gasteiger partial charge in [-0.1, -0.05) is 19.3 Å². The van der Waals surface area contributed by atoms with E-state index in [-0.39, 0.29) is 16.6 Å². The Morgan fingerprint density at radius 2 is 2.00 bits per heavy atom. The average molecular weight is 341 g/mol. The Bertz CT molecular complexity index is 848. The number of sulfonamides is 1. The molecule has 0 unspecified atom stereocenters. The summed E-state index contributed by atoms with van der Waals surface area (Å²) in [6.07, 6.45) is 6.48. The lowest BCUT2D eigenvalue weighted by Crippen LogP contribution is -2.41. The first kappa shape index (κ1) is 15.6. The molecule has 8 heteroatoms. The van der Waals surface area contributed by atoms with Crippen LogP contribution in [0.5, 0.6) is 0 Å². The van der Waals surface area contributed by atoms with Crippen LogP contribution in [0.25, 0.3) is 4.96 Å². The Morgan fingerprint density at radius 3 is 2.68 bits per heavy atom. The number of thiazole rings is 1. The molecule has 6 nitrogen and oxygen atoms in total. The normalized spacial score (nSPS) is 17.4. The quantitative estimate of drug-likeness (QED) is 0.856. The molecule has 0 N–H and O–H groups in total. The molecule has 2 aromatic rings. The molecule has 2 heterocycles. The van der Waals surface area contributed by atoms with Crippen LogP contribution >= 0.6 is 11.3 Å². The lowest BCUT2D eigenvalue weighted by Gasteiger charge is -2.30. The van der Waals surface area contributed by atoms with Gasteiger partial charge in [-0.2, -0.15) is 4.31 Å². The minimum absolute atomic E-state index is 0.0271. The third-order valence-electron chi connectivity index (χ3n) is 4.32. The van der Waals surface area contributed by atoms with Gasteiger partial charge < -0.3 is 0 Å². The summed E-state index contributed by atoms with van der Waals surface area (Å²) >= 11 is 1.31. The number of aryl methyl sites for hydroxylation is 1. The van der Waals surface area contributed by atoms with Crippen molar-refractivity contribution in [2.45, 2.75) is 50.0 Å².